The van der Waals surface area contributed by atoms with Gasteiger partial charge < -0.3 is 19.5 Å². The highest BCUT2D eigenvalue weighted by molar-refractivity contribution is 6.32. The van der Waals surface area contributed by atoms with Gasteiger partial charge in [-0.1, -0.05) is 32.4 Å². The summed E-state index contributed by atoms with van der Waals surface area (Å²) in [5, 5.41) is 3.35. The summed E-state index contributed by atoms with van der Waals surface area (Å²) in [6, 6.07) is 5.20. The second-order valence-electron chi connectivity index (χ2n) is 7.16. The summed E-state index contributed by atoms with van der Waals surface area (Å²) in [5.41, 5.74) is -0.263. The molecule has 0 spiro atoms. The van der Waals surface area contributed by atoms with Gasteiger partial charge in [-0.2, -0.15) is 0 Å². The van der Waals surface area contributed by atoms with Gasteiger partial charge in [0.1, 0.15) is 17.5 Å². The summed E-state index contributed by atoms with van der Waals surface area (Å²) >= 11 is 6.29. The molecule has 0 heterocycles. The predicted octanol–water partition coefficient (Wildman–Crippen LogP) is 4.92. The molecule has 0 radical (unpaired) electrons. The van der Waals surface area contributed by atoms with Crippen LogP contribution in [0, 0.1) is 5.92 Å². The van der Waals surface area contributed by atoms with Gasteiger partial charge in [0, 0.05) is 19.4 Å². The largest absolute Gasteiger partial charge is 0.487 e. The van der Waals surface area contributed by atoms with Crippen LogP contribution in [0.1, 0.15) is 47.5 Å². The third-order valence-corrected chi connectivity index (χ3v) is 4.12. The molecule has 0 saturated carbocycles. The van der Waals surface area contributed by atoms with E-state index in [1.165, 1.54) is 0 Å². The van der Waals surface area contributed by atoms with Crippen LogP contribution in [0.3, 0.4) is 0 Å². The zero-order valence-corrected chi connectivity index (χ0v) is 17.5. The van der Waals surface area contributed by atoms with Crippen LogP contribution in [-0.4, -0.2) is 37.9 Å². The van der Waals surface area contributed by atoms with Crippen LogP contribution in [0.15, 0.2) is 18.2 Å². The highest BCUT2D eigenvalue weighted by atomic mass is 35.5. The van der Waals surface area contributed by atoms with E-state index in [4.69, 9.17) is 25.8 Å². The molecule has 0 aromatic heterocycles. The Labute approximate surface area is 162 Å². The fraction of sp³-hybridized carbons (Fsp3) is 0.650. The van der Waals surface area contributed by atoms with Crippen molar-refractivity contribution in [2.24, 2.45) is 5.92 Å². The standard InChI is InChI=1S/C20H32ClNO4/c1-7-10-25-20(5,12-14(2)3)19(23)22-16-8-9-18(17(21)11-16)26-15(4)13-24-6/h8-9,11,14-15H,7,10,12-13H2,1-6H3,(H,22,23). The third-order valence-electron chi connectivity index (χ3n) is 3.82. The average molecular weight is 386 g/mol. The van der Waals surface area contributed by atoms with Gasteiger partial charge in [-0.15, -0.1) is 0 Å². The number of halogens is 1. The maximum Gasteiger partial charge on any atom is 0.256 e. The van der Waals surface area contributed by atoms with Crippen molar-refractivity contribution >= 4 is 23.2 Å². The van der Waals surface area contributed by atoms with Crippen LogP contribution in [0.25, 0.3) is 0 Å². The molecule has 5 nitrogen and oxygen atoms in total. The molecule has 2 unspecified atom stereocenters. The van der Waals surface area contributed by atoms with E-state index < -0.39 is 5.60 Å². The maximum absolute atomic E-state index is 12.8. The number of ether oxygens (including phenoxy) is 3. The summed E-state index contributed by atoms with van der Waals surface area (Å²) in [7, 11) is 1.62. The number of rotatable bonds is 11. The average Bonchev–Trinajstić information content (AvgIpc) is 2.55. The van der Waals surface area contributed by atoms with Crippen LogP contribution < -0.4 is 10.1 Å². The molecule has 1 aromatic carbocycles. The molecule has 0 bridgehead atoms. The van der Waals surface area contributed by atoms with Crippen molar-refractivity contribution in [1.29, 1.82) is 0 Å². The van der Waals surface area contributed by atoms with Crippen LogP contribution >= 0.6 is 11.6 Å². The molecule has 1 aromatic rings. The molecule has 0 aliphatic rings. The zero-order chi connectivity index (χ0) is 19.7. The van der Waals surface area contributed by atoms with Crippen molar-refractivity contribution in [2.75, 3.05) is 25.6 Å². The second-order valence-corrected chi connectivity index (χ2v) is 7.57. The molecule has 6 heteroatoms. The quantitative estimate of drug-likeness (QED) is 0.587. The number of hydrogen-bond acceptors (Lipinski definition) is 4. The Bertz CT molecular complexity index is 579. The van der Waals surface area contributed by atoms with Gasteiger partial charge in [0.15, 0.2) is 0 Å². The summed E-state index contributed by atoms with van der Waals surface area (Å²) in [6.45, 7) is 10.9. The molecule has 0 aliphatic carbocycles. The van der Waals surface area contributed by atoms with Crippen molar-refractivity contribution in [1.82, 2.24) is 0 Å². The molecule has 0 saturated heterocycles. The van der Waals surface area contributed by atoms with Gasteiger partial charge >= 0.3 is 0 Å². The first-order valence-electron chi connectivity index (χ1n) is 9.12. The SMILES string of the molecule is CCCOC(C)(CC(C)C)C(=O)Nc1ccc(OC(C)COC)c(Cl)c1. The van der Waals surface area contributed by atoms with E-state index in [2.05, 4.69) is 19.2 Å². The molecule has 1 rings (SSSR count). The normalized spacial score (nSPS) is 14.8. The first kappa shape index (κ1) is 22.7. The fourth-order valence-corrected chi connectivity index (χ4v) is 2.97. The number of benzene rings is 1. The molecule has 148 valence electrons. The summed E-state index contributed by atoms with van der Waals surface area (Å²) in [6.07, 6.45) is 1.38. The van der Waals surface area contributed by atoms with Crippen LogP contribution in [0.5, 0.6) is 5.75 Å². The van der Waals surface area contributed by atoms with Crippen LogP contribution in [-0.2, 0) is 14.3 Å². The van der Waals surface area contributed by atoms with Crippen molar-refractivity contribution in [3.8, 4) is 5.75 Å². The van der Waals surface area contributed by atoms with Gasteiger partial charge in [-0.25, -0.2) is 0 Å². The van der Waals surface area contributed by atoms with E-state index in [1.807, 2.05) is 20.8 Å². The molecule has 2 atom stereocenters. The third kappa shape index (κ3) is 7.14. The number of carbonyl (C=O) groups excluding carboxylic acids is 1. The first-order chi connectivity index (χ1) is 12.2. The van der Waals surface area contributed by atoms with Gasteiger partial charge in [0.05, 0.1) is 11.6 Å². The second kappa shape index (κ2) is 10.8. The Kier molecular flexibility index (Phi) is 9.41. The van der Waals surface area contributed by atoms with Crippen molar-refractivity contribution in [2.45, 2.75) is 59.2 Å². The Hall–Kier alpha value is -1.30. The zero-order valence-electron chi connectivity index (χ0n) is 16.7. The van der Waals surface area contributed by atoms with E-state index in [1.54, 1.807) is 25.3 Å². The molecular weight excluding hydrogens is 354 g/mol. The van der Waals surface area contributed by atoms with E-state index in [0.29, 0.717) is 42.0 Å². The predicted molar refractivity (Wildman–Crippen MR) is 106 cm³/mol. The number of nitrogens with one attached hydrogen (secondary N) is 1. The smallest absolute Gasteiger partial charge is 0.256 e. The lowest BCUT2D eigenvalue weighted by atomic mass is 9.93. The van der Waals surface area contributed by atoms with E-state index >= 15 is 0 Å². The van der Waals surface area contributed by atoms with Gasteiger partial charge in [0.25, 0.3) is 5.91 Å². The maximum atomic E-state index is 12.8. The summed E-state index contributed by atoms with van der Waals surface area (Å²) < 4.78 is 16.7. The van der Waals surface area contributed by atoms with Gasteiger partial charge in [-0.3, -0.25) is 4.79 Å². The van der Waals surface area contributed by atoms with Gasteiger partial charge in [0.2, 0.25) is 0 Å². The molecule has 0 aliphatic heterocycles. The van der Waals surface area contributed by atoms with Gasteiger partial charge in [-0.05, 0) is 50.8 Å². The Balaban J connectivity index is 2.85. The van der Waals surface area contributed by atoms with E-state index in [-0.39, 0.29) is 12.0 Å². The van der Waals surface area contributed by atoms with Crippen molar-refractivity contribution < 1.29 is 19.0 Å². The van der Waals surface area contributed by atoms with Crippen molar-refractivity contribution in [3.05, 3.63) is 23.2 Å². The molecule has 1 N–H and O–H groups in total. The lowest BCUT2D eigenvalue weighted by molar-refractivity contribution is -0.141. The Morgan fingerprint density at radius 3 is 2.54 bits per heavy atom. The minimum Gasteiger partial charge on any atom is -0.487 e. The monoisotopic (exact) mass is 385 g/mol. The lowest BCUT2D eigenvalue weighted by Crippen LogP contribution is -2.44. The fourth-order valence-electron chi connectivity index (χ4n) is 2.75. The highest BCUT2D eigenvalue weighted by Crippen LogP contribution is 2.30. The molecule has 26 heavy (non-hydrogen) atoms. The highest BCUT2D eigenvalue weighted by Gasteiger charge is 2.35. The summed E-state index contributed by atoms with van der Waals surface area (Å²) in [5.74, 6) is 0.725. The lowest BCUT2D eigenvalue weighted by Gasteiger charge is -2.30. The van der Waals surface area contributed by atoms with Crippen LogP contribution in [0.4, 0.5) is 5.69 Å². The molecular formula is C20H32ClNO4. The summed E-state index contributed by atoms with van der Waals surface area (Å²) in [4.78, 5) is 12.8. The molecule has 1 amide bonds. The number of methoxy groups -OCH3 is 1. The number of carbonyl (C=O) groups is 1. The van der Waals surface area contributed by atoms with Crippen LogP contribution in [0.2, 0.25) is 5.02 Å². The number of amides is 1. The number of anilines is 1. The minimum atomic E-state index is -0.876. The first-order valence-corrected chi connectivity index (χ1v) is 9.50. The Morgan fingerprint density at radius 2 is 2.00 bits per heavy atom. The molecule has 0 fully saturated rings. The van der Waals surface area contributed by atoms with E-state index in [9.17, 15) is 4.79 Å². The Morgan fingerprint density at radius 1 is 1.31 bits per heavy atom. The van der Waals surface area contributed by atoms with E-state index in [0.717, 1.165) is 6.42 Å². The minimum absolute atomic E-state index is 0.116. The topological polar surface area (TPSA) is 56.8 Å². The van der Waals surface area contributed by atoms with Crippen molar-refractivity contribution in [3.63, 3.8) is 0 Å². The number of hydrogen-bond donors (Lipinski definition) is 1.